The van der Waals surface area contributed by atoms with Gasteiger partial charge in [0.25, 0.3) is 0 Å². The van der Waals surface area contributed by atoms with Gasteiger partial charge >= 0.3 is 11.9 Å². The van der Waals surface area contributed by atoms with Gasteiger partial charge in [0.1, 0.15) is 6.10 Å². The Labute approximate surface area is 179 Å². The van der Waals surface area contributed by atoms with Crippen molar-refractivity contribution in [3.8, 4) is 0 Å². The van der Waals surface area contributed by atoms with E-state index in [1.54, 1.807) is 6.92 Å². The van der Waals surface area contributed by atoms with Crippen LogP contribution in [0, 0.1) is 34.5 Å². The zero-order valence-corrected chi connectivity index (χ0v) is 18.6. The maximum absolute atomic E-state index is 12.2. The van der Waals surface area contributed by atoms with Gasteiger partial charge < -0.3 is 9.84 Å². The number of carboxylic acid groups (broad SMARTS) is 1. The average molecular weight is 417 g/mol. The van der Waals surface area contributed by atoms with Crippen LogP contribution in [0.2, 0.25) is 0 Å². The molecule has 166 valence electrons. The summed E-state index contributed by atoms with van der Waals surface area (Å²) in [6.45, 7) is 6.52. The molecule has 0 aromatic rings. The number of fused-ring (bicyclic) bond motifs is 5. The van der Waals surface area contributed by atoms with Crippen molar-refractivity contribution < 1.29 is 24.2 Å². The molecule has 0 aromatic heterocycles. The van der Waals surface area contributed by atoms with Gasteiger partial charge in [-0.15, -0.1) is 0 Å². The van der Waals surface area contributed by atoms with E-state index in [1.807, 2.05) is 0 Å². The van der Waals surface area contributed by atoms with E-state index in [1.165, 1.54) is 19.3 Å². The number of carbonyl (C=O) groups excluding carboxylic acids is 2. The molecular weight excluding hydrogens is 380 g/mol. The number of esters is 1. The Hall–Kier alpha value is -1.65. The monoisotopic (exact) mass is 416 g/mol. The molecule has 3 saturated carbocycles. The van der Waals surface area contributed by atoms with E-state index in [-0.39, 0.29) is 41.5 Å². The van der Waals surface area contributed by atoms with Crippen LogP contribution in [0.4, 0.5) is 0 Å². The van der Waals surface area contributed by atoms with Gasteiger partial charge in [-0.2, -0.15) is 0 Å². The van der Waals surface area contributed by atoms with Gasteiger partial charge in [0.2, 0.25) is 0 Å². The molecule has 0 aromatic carbocycles. The zero-order valence-electron chi connectivity index (χ0n) is 18.6. The third-order valence-corrected chi connectivity index (χ3v) is 9.42. The SMILES string of the molecule is CC(=O)C1=CC[C@H]2[C@H]3CC[C@H]4C[C@@H](OC(=O)CCC(=O)O)CC[C@]4(C)[C@@H]3CC[C@]12C. The summed E-state index contributed by atoms with van der Waals surface area (Å²) < 4.78 is 5.65. The summed E-state index contributed by atoms with van der Waals surface area (Å²) in [5.74, 6) is 1.46. The van der Waals surface area contributed by atoms with Crippen LogP contribution in [0.25, 0.3) is 0 Å². The fraction of sp³-hybridized carbons (Fsp3) is 0.800. The van der Waals surface area contributed by atoms with E-state index in [0.29, 0.717) is 23.7 Å². The molecule has 0 heterocycles. The average Bonchev–Trinajstić information content (AvgIpc) is 3.04. The summed E-state index contributed by atoms with van der Waals surface area (Å²) in [4.78, 5) is 34.9. The van der Waals surface area contributed by atoms with Gasteiger partial charge in [-0.1, -0.05) is 19.9 Å². The lowest BCUT2D eigenvalue weighted by Gasteiger charge is -2.60. The lowest BCUT2D eigenvalue weighted by Crippen LogP contribution is -2.54. The minimum absolute atomic E-state index is 0.0375. The standard InChI is InChI=1S/C25H36O5/c1-15(26)19-6-7-20-18-5-4-16-14-17(30-23(29)9-8-22(27)28)10-12-24(16,2)21(18)11-13-25(19,20)3/h6,16-18,20-21H,4-5,7-14H2,1-3H3,(H,27,28)/t16-,17-,18+,20-,21+,24-,25+/m0/s1. The third-order valence-electron chi connectivity index (χ3n) is 9.42. The van der Waals surface area contributed by atoms with Crippen LogP contribution in [0.3, 0.4) is 0 Å². The highest BCUT2D eigenvalue weighted by atomic mass is 16.5. The molecule has 4 aliphatic carbocycles. The number of carboxylic acids is 1. The molecule has 0 saturated heterocycles. The Morgan fingerprint density at radius 1 is 1.07 bits per heavy atom. The maximum Gasteiger partial charge on any atom is 0.306 e. The van der Waals surface area contributed by atoms with Crippen molar-refractivity contribution in [3.05, 3.63) is 11.6 Å². The molecule has 0 amide bonds. The summed E-state index contributed by atoms with van der Waals surface area (Å²) in [6.07, 6.45) is 10.6. The van der Waals surface area contributed by atoms with Gasteiger partial charge in [-0.3, -0.25) is 14.4 Å². The van der Waals surface area contributed by atoms with Crippen molar-refractivity contribution in [1.82, 2.24) is 0 Å². The molecule has 5 nitrogen and oxygen atoms in total. The van der Waals surface area contributed by atoms with E-state index in [9.17, 15) is 14.4 Å². The number of ether oxygens (including phenoxy) is 1. The number of ketones is 1. The Bertz CT molecular complexity index is 770. The summed E-state index contributed by atoms with van der Waals surface area (Å²) in [5, 5.41) is 8.77. The first kappa shape index (κ1) is 21.6. The van der Waals surface area contributed by atoms with Crippen LogP contribution in [0.5, 0.6) is 0 Å². The van der Waals surface area contributed by atoms with Crippen LogP contribution >= 0.6 is 0 Å². The maximum atomic E-state index is 12.2. The number of hydrogen-bond acceptors (Lipinski definition) is 4. The summed E-state index contributed by atoms with van der Waals surface area (Å²) in [6, 6.07) is 0. The topological polar surface area (TPSA) is 80.7 Å². The molecular formula is C25H36O5. The first-order valence-electron chi connectivity index (χ1n) is 11.8. The second kappa shape index (κ2) is 7.80. The van der Waals surface area contributed by atoms with Crippen molar-refractivity contribution in [2.45, 2.75) is 91.1 Å². The number of carbonyl (C=O) groups is 3. The fourth-order valence-electron chi connectivity index (χ4n) is 7.89. The molecule has 0 aliphatic heterocycles. The first-order chi connectivity index (χ1) is 14.1. The lowest BCUT2D eigenvalue weighted by molar-refractivity contribution is -0.162. The van der Waals surface area contributed by atoms with Crippen molar-refractivity contribution >= 4 is 17.7 Å². The first-order valence-corrected chi connectivity index (χ1v) is 11.8. The molecule has 1 N–H and O–H groups in total. The summed E-state index contributed by atoms with van der Waals surface area (Å²) in [5.41, 5.74) is 1.43. The highest BCUT2D eigenvalue weighted by Gasteiger charge is 2.59. The van der Waals surface area contributed by atoms with Gasteiger partial charge in [0.15, 0.2) is 5.78 Å². The van der Waals surface area contributed by atoms with Crippen molar-refractivity contribution in [3.63, 3.8) is 0 Å². The molecule has 5 heteroatoms. The number of rotatable bonds is 5. The predicted octanol–water partition coefficient (Wildman–Crippen LogP) is 4.93. The predicted molar refractivity (Wildman–Crippen MR) is 113 cm³/mol. The molecule has 3 fully saturated rings. The molecule has 7 atom stereocenters. The number of hydrogen-bond donors (Lipinski definition) is 1. The lowest BCUT2D eigenvalue weighted by atomic mass is 9.44. The smallest absolute Gasteiger partial charge is 0.306 e. The number of allylic oxidation sites excluding steroid dienone is 2. The van der Waals surface area contributed by atoms with Gasteiger partial charge in [-0.25, -0.2) is 0 Å². The van der Waals surface area contributed by atoms with E-state index in [0.717, 1.165) is 37.7 Å². The third kappa shape index (κ3) is 3.52. The zero-order chi connectivity index (χ0) is 21.7. The molecule has 0 radical (unpaired) electrons. The quantitative estimate of drug-likeness (QED) is 0.643. The second-order valence-electron chi connectivity index (χ2n) is 10.8. The Balaban J connectivity index is 1.42. The summed E-state index contributed by atoms with van der Waals surface area (Å²) in [7, 11) is 0. The van der Waals surface area contributed by atoms with Crippen LogP contribution < -0.4 is 0 Å². The summed E-state index contributed by atoms with van der Waals surface area (Å²) >= 11 is 0. The molecule has 4 rings (SSSR count). The highest BCUT2D eigenvalue weighted by molar-refractivity contribution is 5.95. The van der Waals surface area contributed by atoms with Gasteiger partial charge in [0, 0.05) is 0 Å². The van der Waals surface area contributed by atoms with Gasteiger partial charge in [-0.05, 0) is 98.4 Å². The van der Waals surface area contributed by atoms with Gasteiger partial charge in [0.05, 0.1) is 12.8 Å². The minimum Gasteiger partial charge on any atom is -0.481 e. The van der Waals surface area contributed by atoms with Crippen molar-refractivity contribution in [2.24, 2.45) is 34.5 Å². The van der Waals surface area contributed by atoms with E-state index < -0.39 is 5.97 Å². The molecule has 30 heavy (non-hydrogen) atoms. The molecule has 4 aliphatic rings. The van der Waals surface area contributed by atoms with Crippen molar-refractivity contribution in [1.29, 1.82) is 0 Å². The van der Waals surface area contributed by atoms with Crippen molar-refractivity contribution in [2.75, 3.05) is 0 Å². The second-order valence-corrected chi connectivity index (χ2v) is 10.8. The fourth-order valence-corrected chi connectivity index (χ4v) is 7.89. The largest absolute Gasteiger partial charge is 0.481 e. The molecule has 0 bridgehead atoms. The van der Waals surface area contributed by atoms with Crippen LogP contribution in [0.15, 0.2) is 11.6 Å². The number of aliphatic carboxylic acids is 1. The van der Waals surface area contributed by atoms with E-state index >= 15 is 0 Å². The van der Waals surface area contributed by atoms with E-state index in [4.69, 9.17) is 9.84 Å². The van der Waals surface area contributed by atoms with Crippen LogP contribution in [-0.4, -0.2) is 28.9 Å². The molecule has 0 unspecified atom stereocenters. The Morgan fingerprint density at radius 3 is 2.53 bits per heavy atom. The molecule has 0 spiro atoms. The number of Topliss-reactive ketones (excluding diaryl/α,β-unsaturated/α-hetero) is 1. The normalized spacial score (nSPS) is 42.4. The minimum atomic E-state index is -0.958. The highest BCUT2D eigenvalue weighted by Crippen LogP contribution is 2.66. The van der Waals surface area contributed by atoms with Crippen LogP contribution in [-0.2, 0) is 19.1 Å². The van der Waals surface area contributed by atoms with E-state index in [2.05, 4.69) is 19.9 Å². The Kier molecular flexibility index (Phi) is 5.61. The van der Waals surface area contributed by atoms with Crippen LogP contribution in [0.1, 0.15) is 85.0 Å². The Morgan fingerprint density at radius 2 is 1.83 bits per heavy atom.